The van der Waals surface area contributed by atoms with Crippen LogP contribution in [-0.2, 0) is 11.3 Å². The van der Waals surface area contributed by atoms with Crippen molar-refractivity contribution in [1.82, 2.24) is 9.78 Å². The summed E-state index contributed by atoms with van der Waals surface area (Å²) in [4.78, 5) is 12.4. The monoisotopic (exact) mass is 282 g/mol. The van der Waals surface area contributed by atoms with Crippen LogP contribution in [0.2, 0.25) is 0 Å². The van der Waals surface area contributed by atoms with Gasteiger partial charge in [0.1, 0.15) is 11.5 Å². The first-order chi connectivity index (χ1) is 10.3. The van der Waals surface area contributed by atoms with E-state index in [1.54, 1.807) is 6.20 Å². The Hall–Kier alpha value is -2.30. The van der Waals surface area contributed by atoms with E-state index in [-0.39, 0.29) is 11.8 Å². The van der Waals surface area contributed by atoms with Crippen LogP contribution in [0.15, 0.2) is 36.5 Å². The Bertz CT molecular complexity index is 664. The molecule has 2 atom stereocenters. The maximum absolute atomic E-state index is 12.4. The second-order valence-corrected chi connectivity index (χ2v) is 5.76. The highest BCUT2D eigenvalue weighted by atomic mass is 16.2. The minimum atomic E-state index is 0.0894. The topological polar surface area (TPSA) is 59.0 Å². The maximum Gasteiger partial charge on any atom is 0.228 e. The quantitative estimate of drug-likeness (QED) is 0.909. The van der Waals surface area contributed by atoms with Gasteiger partial charge in [0, 0.05) is 19.0 Å². The molecule has 1 saturated carbocycles. The van der Waals surface area contributed by atoms with Crippen LogP contribution in [0.5, 0.6) is 0 Å². The summed E-state index contributed by atoms with van der Waals surface area (Å²) in [6.45, 7) is 1.85. The summed E-state index contributed by atoms with van der Waals surface area (Å²) in [5.74, 6) is 1.50. The third-order valence-corrected chi connectivity index (χ3v) is 4.29. The molecule has 1 aromatic heterocycles. The smallest absolute Gasteiger partial charge is 0.228 e. The molecule has 0 unspecified atom stereocenters. The van der Waals surface area contributed by atoms with E-state index in [1.807, 2.05) is 22.9 Å². The van der Waals surface area contributed by atoms with Crippen molar-refractivity contribution in [2.75, 3.05) is 17.2 Å². The summed E-state index contributed by atoms with van der Waals surface area (Å²) < 4.78 is 1.92. The van der Waals surface area contributed by atoms with E-state index in [2.05, 4.69) is 27.9 Å². The van der Waals surface area contributed by atoms with Crippen LogP contribution in [0.3, 0.4) is 0 Å². The van der Waals surface area contributed by atoms with Crippen molar-refractivity contribution in [1.29, 1.82) is 0 Å². The summed E-state index contributed by atoms with van der Waals surface area (Å²) in [5, 5.41) is 10.6. The fraction of sp³-hybridized carbons (Fsp3) is 0.375. The van der Waals surface area contributed by atoms with Crippen LogP contribution in [0.1, 0.15) is 24.3 Å². The van der Waals surface area contributed by atoms with Crippen molar-refractivity contribution in [2.45, 2.75) is 25.3 Å². The summed E-state index contributed by atoms with van der Waals surface area (Å²) in [6, 6.07) is 10.3. The first-order valence-electron chi connectivity index (χ1n) is 7.48. The number of amides is 1. The molecule has 1 fully saturated rings. The van der Waals surface area contributed by atoms with Gasteiger partial charge in [-0.05, 0) is 24.3 Å². The molecule has 2 aliphatic rings. The number of hydrogen-bond acceptors (Lipinski definition) is 3. The van der Waals surface area contributed by atoms with Crippen LogP contribution in [0.4, 0.5) is 11.5 Å². The average Bonchev–Trinajstić information content (AvgIpc) is 3.25. The van der Waals surface area contributed by atoms with E-state index in [1.165, 1.54) is 5.56 Å². The molecule has 1 aliphatic heterocycles. The van der Waals surface area contributed by atoms with E-state index >= 15 is 0 Å². The minimum Gasteiger partial charge on any atom is -0.368 e. The Kier molecular flexibility index (Phi) is 2.91. The summed E-state index contributed by atoms with van der Waals surface area (Å²) in [7, 11) is 0. The van der Waals surface area contributed by atoms with Crippen molar-refractivity contribution >= 4 is 17.4 Å². The summed E-state index contributed by atoms with van der Waals surface area (Å²) in [5.41, 5.74) is 2.06. The lowest BCUT2D eigenvalue weighted by atomic mass is 10.1. The molecule has 4 rings (SSSR count). The summed E-state index contributed by atoms with van der Waals surface area (Å²) >= 11 is 0. The molecular weight excluding hydrogens is 264 g/mol. The number of nitrogens with one attached hydrogen (secondary N) is 2. The van der Waals surface area contributed by atoms with E-state index in [9.17, 15) is 4.79 Å². The maximum atomic E-state index is 12.4. The van der Waals surface area contributed by atoms with Crippen LogP contribution >= 0.6 is 0 Å². The number of rotatable bonds is 3. The molecule has 0 bridgehead atoms. The fourth-order valence-corrected chi connectivity index (χ4v) is 3.05. The molecule has 0 radical (unpaired) electrons. The van der Waals surface area contributed by atoms with Gasteiger partial charge in [0.05, 0.1) is 6.20 Å². The predicted molar refractivity (Wildman–Crippen MR) is 81.3 cm³/mol. The molecule has 2 aromatic rings. The molecular formula is C16H18N4O. The van der Waals surface area contributed by atoms with E-state index in [0.29, 0.717) is 5.92 Å². The van der Waals surface area contributed by atoms with Gasteiger partial charge in [0.2, 0.25) is 5.91 Å². The third kappa shape index (κ3) is 2.28. The number of hydrogen-bond donors (Lipinski definition) is 2. The van der Waals surface area contributed by atoms with E-state index in [0.717, 1.165) is 37.4 Å². The number of carbonyl (C=O) groups is 1. The predicted octanol–water partition coefficient (Wildman–Crippen LogP) is 2.44. The molecule has 2 N–H and O–H groups in total. The van der Waals surface area contributed by atoms with E-state index < -0.39 is 0 Å². The highest BCUT2D eigenvalue weighted by Crippen LogP contribution is 2.48. The van der Waals surface area contributed by atoms with E-state index in [4.69, 9.17) is 0 Å². The number of anilines is 2. The Morgan fingerprint density at radius 3 is 3.05 bits per heavy atom. The molecule has 1 amide bonds. The second-order valence-electron chi connectivity index (χ2n) is 5.76. The Morgan fingerprint density at radius 2 is 2.19 bits per heavy atom. The average molecular weight is 282 g/mol. The highest BCUT2D eigenvalue weighted by molar-refractivity contribution is 5.97. The minimum absolute atomic E-state index is 0.0894. The van der Waals surface area contributed by atoms with Gasteiger partial charge in [0.15, 0.2) is 0 Å². The van der Waals surface area contributed by atoms with Crippen LogP contribution < -0.4 is 10.6 Å². The van der Waals surface area contributed by atoms with Gasteiger partial charge in [-0.3, -0.25) is 4.79 Å². The lowest BCUT2D eigenvalue weighted by molar-refractivity contribution is -0.117. The molecule has 21 heavy (non-hydrogen) atoms. The number of aryl methyl sites for hydroxylation is 1. The van der Waals surface area contributed by atoms with Gasteiger partial charge in [-0.15, -0.1) is 0 Å². The van der Waals surface area contributed by atoms with Crippen molar-refractivity contribution in [3.63, 3.8) is 0 Å². The lowest BCUT2D eigenvalue weighted by Gasteiger charge is -2.17. The molecule has 1 aromatic carbocycles. The molecule has 0 spiro atoms. The Labute approximate surface area is 123 Å². The first kappa shape index (κ1) is 12.4. The normalized spacial score (nSPS) is 23.0. The SMILES string of the molecule is O=C(Nc1cnn2c1NCCC2)[C@@H]1C[C@H]1c1ccccc1. The lowest BCUT2D eigenvalue weighted by Crippen LogP contribution is -2.20. The largest absolute Gasteiger partial charge is 0.368 e. The molecule has 5 heteroatoms. The Balaban J connectivity index is 1.44. The summed E-state index contributed by atoms with van der Waals surface area (Å²) in [6.07, 6.45) is 3.75. The van der Waals surface area contributed by atoms with Crippen molar-refractivity contribution in [3.8, 4) is 0 Å². The first-order valence-corrected chi connectivity index (χ1v) is 7.48. The zero-order valence-electron chi connectivity index (χ0n) is 11.7. The van der Waals surface area contributed by atoms with Crippen molar-refractivity contribution in [2.24, 2.45) is 5.92 Å². The molecule has 108 valence electrons. The van der Waals surface area contributed by atoms with Gasteiger partial charge in [-0.25, -0.2) is 4.68 Å². The van der Waals surface area contributed by atoms with Crippen LogP contribution in [0, 0.1) is 5.92 Å². The van der Waals surface area contributed by atoms with Crippen molar-refractivity contribution in [3.05, 3.63) is 42.1 Å². The van der Waals surface area contributed by atoms with Gasteiger partial charge >= 0.3 is 0 Å². The van der Waals surface area contributed by atoms with Crippen LogP contribution in [-0.4, -0.2) is 22.2 Å². The zero-order chi connectivity index (χ0) is 14.2. The molecule has 1 aliphatic carbocycles. The molecule has 0 saturated heterocycles. The Morgan fingerprint density at radius 1 is 1.33 bits per heavy atom. The van der Waals surface area contributed by atoms with Gasteiger partial charge in [-0.2, -0.15) is 5.10 Å². The number of fused-ring (bicyclic) bond motifs is 1. The van der Waals surface area contributed by atoms with Crippen LogP contribution in [0.25, 0.3) is 0 Å². The number of carbonyl (C=O) groups excluding carboxylic acids is 1. The van der Waals surface area contributed by atoms with Gasteiger partial charge in [0.25, 0.3) is 0 Å². The number of benzene rings is 1. The number of nitrogens with zero attached hydrogens (tertiary/aromatic N) is 2. The standard InChI is InChI=1S/C16H18N4O/c21-16(13-9-12(13)11-5-2-1-3-6-11)19-14-10-18-20-8-4-7-17-15(14)20/h1-3,5-6,10,12-13,17H,4,7-9H2,(H,19,21)/t12-,13+/m0/s1. The zero-order valence-corrected chi connectivity index (χ0v) is 11.7. The van der Waals surface area contributed by atoms with Gasteiger partial charge < -0.3 is 10.6 Å². The fourth-order valence-electron chi connectivity index (χ4n) is 3.05. The van der Waals surface area contributed by atoms with Gasteiger partial charge in [-0.1, -0.05) is 30.3 Å². The number of aromatic nitrogens is 2. The van der Waals surface area contributed by atoms with Crippen molar-refractivity contribution < 1.29 is 4.79 Å². The third-order valence-electron chi connectivity index (χ3n) is 4.29. The highest BCUT2D eigenvalue weighted by Gasteiger charge is 2.44. The molecule has 2 heterocycles. The second kappa shape index (κ2) is 4.91. The molecule has 5 nitrogen and oxygen atoms in total.